The van der Waals surface area contributed by atoms with Crippen LogP contribution in [0, 0.1) is 0 Å². The van der Waals surface area contributed by atoms with Crippen LogP contribution in [0.4, 0.5) is 0 Å². The SMILES string of the molecule is CCc1ccc(Cc2csc(CC(=O)O)n2)cc1. The zero-order valence-electron chi connectivity index (χ0n) is 10.2. The topological polar surface area (TPSA) is 50.2 Å². The normalized spacial score (nSPS) is 10.5. The number of benzene rings is 1. The van der Waals surface area contributed by atoms with Gasteiger partial charge in [0.2, 0.25) is 0 Å². The standard InChI is InChI=1S/C14H15NO2S/c1-2-10-3-5-11(6-4-10)7-12-9-18-13(15-12)8-14(16)17/h3-6,9H,2,7-8H2,1H3,(H,16,17). The summed E-state index contributed by atoms with van der Waals surface area (Å²) < 4.78 is 0. The Labute approximate surface area is 110 Å². The summed E-state index contributed by atoms with van der Waals surface area (Å²) in [6.45, 7) is 2.13. The van der Waals surface area contributed by atoms with Crippen LogP contribution >= 0.6 is 11.3 Å². The Morgan fingerprint density at radius 3 is 2.56 bits per heavy atom. The summed E-state index contributed by atoms with van der Waals surface area (Å²) >= 11 is 1.41. The molecule has 0 atom stereocenters. The van der Waals surface area contributed by atoms with Gasteiger partial charge in [-0.3, -0.25) is 4.79 Å². The van der Waals surface area contributed by atoms with Crippen molar-refractivity contribution in [3.63, 3.8) is 0 Å². The largest absolute Gasteiger partial charge is 0.481 e. The van der Waals surface area contributed by atoms with Gasteiger partial charge in [0.1, 0.15) is 5.01 Å². The lowest BCUT2D eigenvalue weighted by Crippen LogP contribution is -1.99. The number of hydrogen-bond donors (Lipinski definition) is 1. The fourth-order valence-corrected chi connectivity index (χ4v) is 2.53. The minimum Gasteiger partial charge on any atom is -0.481 e. The van der Waals surface area contributed by atoms with Gasteiger partial charge in [0.15, 0.2) is 0 Å². The Kier molecular flexibility index (Phi) is 4.10. The van der Waals surface area contributed by atoms with Crippen LogP contribution in [0.5, 0.6) is 0 Å². The third-order valence-corrected chi connectivity index (χ3v) is 3.62. The van der Waals surface area contributed by atoms with Gasteiger partial charge in [0.05, 0.1) is 12.1 Å². The lowest BCUT2D eigenvalue weighted by atomic mass is 10.1. The maximum absolute atomic E-state index is 10.6. The monoisotopic (exact) mass is 261 g/mol. The van der Waals surface area contributed by atoms with Gasteiger partial charge in [-0.25, -0.2) is 4.98 Å². The smallest absolute Gasteiger partial charge is 0.310 e. The number of rotatable bonds is 5. The van der Waals surface area contributed by atoms with E-state index in [0.717, 1.165) is 18.5 Å². The highest BCUT2D eigenvalue weighted by atomic mass is 32.1. The zero-order valence-corrected chi connectivity index (χ0v) is 11.0. The number of thiazole rings is 1. The quantitative estimate of drug-likeness (QED) is 0.900. The Morgan fingerprint density at radius 2 is 1.94 bits per heavy atom. The first-order chi connectivity index (χ1) is 8.67. The van der Waals surface area contributed by atoms with Crippen LogP contribution in [0.25, 0.3) is 0 Å². The van der Waals surface area contributed by atoms with E-state index in [9.17, 15) is 4.79 Å². The number of carboxylic acids is 1. The number of carboxylic acid groups (broad SMARTS) is 1. The summed E-state index contributed by atoms with van der Waals surface area (Å²) in [5, 5.41) is 11.3. The number of hydrogen-bond acceptors (Lipinski definition) is 3. The highest BCUT2D eigenvalue weighted by Gasteiger charge is 2.06. The molecule has 0 unspecified atom stereocenters. The van der Waals surface area contributed by atoms with Gasteiger partial charge in [0.25, 0.3) is 0 Å². The Bertz CT molecular complexity index is 531. The summed E-state index contributed by atoms with van der Waals surface area (Å²) in [6.07, 6.45) is 1.82. The van der Waals surface area contributed by atoms with Crippen molar-refractivity contribution in [1.29, 1.82) is 0 Å². The molecule has 4 heteroatoms. The zero-order chi connectivity index (χ0) is 13.0. The third-order valence-electron chi connectivity index (χ3n) is 2.72. The van der Waals surface area contributed by atoms with Crippen LogP contribution in [0.3, 0.4) is 0 Å². The van der Waals surface area contributed by atoms with Crippen molar-refractivity contribution in [3.05, 3.63) is 51.5 Å². The van der Waals surface area contributed by atoms with Crippen molar-refractivity contribution in [3.8, 4) is 0 Å². The van der Waals surface area contributed by atoms with Crippen LogP contribution in [0.1, 0.15) is 28.8 Å². The van der Waals surface area contributed by atoms with Crippen molar-refractivity contribution < 1.29 is 9.90 Å². The second-order valence-electron chi connectivity index (χ2n) is 4.15. The first-order valence-corrected chi connectivity index (χ1v) is 6.78. The van der Waals surface area contributed by atoms with Crippen molar-refractivity contribution in [2.75, 3.05) is 0 Å². The van der Waals surface area contributed by atoms with Gasteiger partial charge in [-0.1, -0.05) is 31.2 Å². The molecule has 0 fully saturated rings. The van der Waals surface area contributed by atoms with Gasteiger partial charge in [-0.2, -0.15) is 0 Å². The molecule has 0 amide bonds. The van der Waals surface area contributed by atoms with Crippen molar-refractivity contribution in [2.45, 2.75) is 26.2 Å². The molecule has 0 saturated heterocycles. The van der Waals surface area contributed by atoms with E-state index in [4.69, 9.17) is 5.11 Å². The van der Waals surface area contributed by atoms with E-state index in [1.54, 1.807) is 0 Å². The molecule has 0 bridgehead atoms. The van der Waals surface area contributed by atoms with Crippen LogP contribution in [-0.2, 0) is 24.1 Å². The van der Waals surface area contributed by atoms with Crippen molar-refractivity contribution >= 4 is 17.3 Å². The lowest BCUT2D eigenvalue weighted by Gasteiger charge is -2.00. The highest BCUT2D eigenvalue weighted by Crippen LogP contribution is 2.15. The number of aromatic nitrogens is 1. The maximum Gasteiger partial charge on any atom is 0.310 e. The van der Waals surface area contributed by atoms with Crippen LogP contribution < -0.4 is 0 Å². The third kappa shape index (κ3) is 3.40. The molecule has 1 N–H and O–H groups in total. The molecule has 94 valence electrons. The molecule has 3 nitrogen and oxygen atoms in total. The number of nitrogens with zero attached hydrogens (tertiary/aromatic N) is 1. The summed E-state index contributed by atoms with van der Waals surface area (Å²) in [5.74, 6) is -0.830. The average molecular weight is 261 g/mol. The second-order valence-corrected chi connectivity index (χ2v) is 5.09. The molecule has 0 saturated carbocycles. The molecule has 0 radical (unpaired) electrons. The number of aliphatic carboxylic acids is 1. The lowest BCUT2D eigenvalue weighted by molar-refractivity contribution is -0.136. The van der Waals surface area contributed by atoms with Crippen molar-refractivity contribution in [2.24, 2.45) is 0 Å². The molecule has 2 aromatic rings. The summed E-state index contributed by atoms with van der Waals surface area (Å²) in [6, 6.07) is 8.46. The van der Waals surface area contributed by atoms with Crippen LogP contribution in [0.15, 0.2) is 29.6 Å². The Morgan fingerprint density at radius 1 is 1.28 bits per heavy atom. The van der Waals surface area contributed by atoms with Crippen molar-refractivity contribution in [1.82, 2.24) is 4.98 Å². The molecule has 0 aliphatic rings. The van der Waals surface area contributed by atoms with E-state index in [0.29, 0.717) is 5.01 Å². The summed E-state index contributed by atoms with van der Waals surface area (Å²) in [4.78, 5) is 14.9. The predicted octanol–water partition coefficient (Wildman–Crippen LogP) is 2.92. The molecular formula is C14H15NO2S. The van der Waals surface area contributed by atoms with E-state index in [1.165, 1.54) is 22.5 Å². The first-order valence-electron chi connectivity index (χ1n) is 5.90. The summed E-state index contributed by atoms with van der Waals surface area (Å²) in [5.41, 5.74) is 3.48. The van der Waals surface area contributed by atoms with Crippen LogP contribution in [-0.4, -0.2) is 16.1 Å². The average Bonchev–Trinajstić information content (AvgIpc) is 2.76. The number of aryl methyl sites for hydroxylation is 1. The number of carbonyl (C=O) groups is 1. The molecule has 1 aromatic heterocycles. The molecular weight excluding hydrogens is 246 g/mol. The minimum atomic E-state index is -0.830. The Balaban J connectivity index is 2.03. The fraction of sp³-hybridized carbons (Fsp3) is 0.286. The van der Waals surface area contributed by atoms with E-state index >= 15 is 0 Å². The molecule has 0 aliphatic carbocycles. The van der Waals surface area contributed by atoms with Gasteiger partial charge >= 0.3 is 5.97 Å². The molecule has 2 rings (SSSR count). The van der Waals surface area contributed by atoms with E-state index in [2.05, 4.69) is 36.2 Å². The van der Waals surface area contributed by atoms with Gasteiger partial charge in [0, 0.05) is 11.8 Å². The Hall–Kier alpha value is -1.68. The second kappa shape index (κ2) is 5.78. The van der Waals surface area contributed by atoms with Gasteiger partial charge < -0.3 is 5.11 Å². The van der Waals surface area contributed by atoms with Gasteiger partial charge in [-0.15, -0.1) is 11.3 Å². The fourth-order valence-electron chi connectivity index (χ4n) is 1.74. The minimum absolute atomic E-state index is 0.0133. The first kappa shape index (κ1) is 12.8. The molecule has 1 aromatic carbocycles. The molecule has 18 heavy (non-hydrogen) atoms. The summed E-state index contributed by atoms with van der Waals surface area (Å²) in [7, 11) is 0. The molecule has 0 spiro atoms. The predicted molar refractivity (Wildman–Crippen MR) is 72.1 cm³/mol. The van der Waals surface area contributed by atoms with E-state index in [-0.39, 0.29) is 6.42 Å². The maximum atomic E-state index is 10.6. The highest BCUT2D eigenvalue weighted by molar-refractivity contribution is 7.09. The van der Waals surface area contributed by atoms with E-state index < -0.39 is 5.97 Å². The molecule has 0 aliphatic heterocycles. The van der Waals surface area contributed by atoms with Gasteiger partial charge in [-0.05, 0) is 17.5 Å². The molecule has 1 heterocycles. The van der Waals surface area contributed by atoms with Crippen LogP contribution in [0.2, 0.25) is 0 Å². The van der Waals surface area contributed by atoms with E-state index in [1.807, 2.05) is 5.38 Å².